The van der Waals surface area contributed by atoms with Crippen molar-refractivity contribution in [2.24, 2.45) is 0 Å². The van der Waals surface area contributed by atoms with Crippen LogP contribution in [0.5, 0.6) is 0 Å². The van der Waals surface area contributed by atoms with E-state index in [0.717, 1.165) is 5.56 Å². The lowest BCUT2D eigenvalue weighted by Crippen LogP contribution is -2.47. The number of ether oxygens (including phenoxy) is 4. The standard InChI is InChI=1S/C25H29NO5/c1-25(2)30-23-22(28-16-18-11-7-4-8-12-18)21(29-24(23)31-25)20-13-19(27)15-26(20)14-17-9-5-3-6-10-17/h3-12,20-24H,13-16H2,1-2H3/t20-,21+,22-,23+,24+/m0/s1. The molecular weight excluding hydrogens is 394 g/mol. The molecule has 0 aromatic heterocycles. The van der Waals surface area contributed by atoms with Crippen LogP contribution in [-0.4, -0.2) is 53.7 Å². The van der Waals surface area contributed by atoms with Crippen LogP contribution in [0.25, 0.3) is 0 Å². The topological polar surface area (TPSA) is 57.2 Å². The SMILES string of the molecule is CC1(C)O[C@H]2O[C@H]([C@@H]3CC(=O)CN3Cc3ccccc3)[C@H](OCc3ccccc3)[C@H]2O1. The van der Waals surface area contributed by atoms with Crippen LogP contribution in [0.2, 0.25) is 0 Å². The molecule has 3 heterocycles. The van der Waals surface area contributed by atoms with Crippen LogP contribution in [0.3, 0.4) is 0 Å². The summed E-state index contributed by atoms with van der Waals surface area (Å²) in [5, 5.41) is 0. The molecule has 3 fully saturated rings. The average Bonchev–Trinajstić information content (AvgIpc) is 3.37. The minimum atomic E-state index is -0.718. The van der Waals surface area contributed by atoms with Crippen molar-refractivity contribution in [1.29, 1.82) is 0 Å². The molecular formula is C25H29NO5. The molecule has 0 saturated carbocycles. The number of hydrogen-bond acceptors (Lipinski definition) is 6. The van der Waals surface area contributed by atoms with Crippen molar-refractivity contribution >= 4 is 5.78 Å². The van der Waals surface area contributed by atoms with Gasteiger partial charge in [-0.05, 0) is 25.0 Å². The van der Waals surface area contributed by atoms with Gasteiger partial charge in [-0.25, -0.2) is 0 Å². The van der Waals surface area contributed by atoms with Crippen molar-refractivity contribution in [2.45, 2.75) is 69.9 Å². The lowest BCUT2D eigenvalue weighted by Gasteiger charge is -2.33. The van der Waals surface area contributed by atoms with Gasteiger partial charge >= 0.3 is 0 Å². The van der Waals surface area contributed by atoms with E-state index >= 15 is 0 Å². The van der Waals surface area contributed by atoms with Gasteiger partial charge in [0.2, 0.25) is 0 Å². The molecule has 3 aliphatic heterocycles. The van der Waals surface area contributed by atoms with Crippen molar-refractivity contribution in [1.82, 2.24) is 4.90 Å². The molecule has 0 spiro atoms. The van der Waals surface area contributed by atoms with Gasteiger partial charge in [0.25, 0.3) is 0 Å². The third kappa shape index (κ3) is 4.45. The van der Waals surface area contributed by atoms with Gasteiger partial charge in [-0.15, -0.1) is 0 Å². The number of carbonyl (C=O) groups excluding carboxylic acids is 1. The van der Waals surface area contributed by atoms with E-state index in [2.05, 4.69) is 17.0 Å². The second-order valence-electron chi connectivity index (χ2n) is 9.03. The third-order valence-corrected chi connectivity index (χ3v) is 6.21. The van der Waals surface area contributed by atoms with Gasteiger partial charge in [0.15, 0.2) is 12.1 Å². The van der Waals surface area contributed by atoms with E-state index < -0.39 is 12.1 Å². The molecule has 3 aliphatic rings. The highest BCUT2D eigenvalue weighted by Crippen LogP contribution is 2.42. The summed E-state index contributed by atoms with van der Waals surface area (Å²) in [6, 6.07) is 20.2. The molecule has 5 rings (SSSR count). The highest BCUT2D eigenvalue weighted by atomic mass is 16.8. The van der Waals surface area contributed by atoms with Gasteiger partial charge < -0.3 is 18.9 Å². The highest BCUT2D eigenvalue weighted by molar-refractivity contribution is 5.83. The molecule has 3 saturated heterocycles. The Morgan fingerprint density at radius 3 is 2.35 bits per heavy atom. The fraction of sp³-hybridized carbons (Fsp3) is 0.480. The lowest BCUT2D eigenvalue weighted by atomic mass is 10.0. The van der Waals surface area contributed by atoms with Gasteiger partial charge in [0.05, 0.1) is 13.2 Å². The zero-order valence-corrected chi connectivity index (χ0v) is 18.0. The number of Topliss-reactive ketones (excluding diaryl/α,β-unsaturated/α-hetero) is 1. The zero-order chi connectivity index (χ0) is 21.4. The molecule has 31 heavy (non-hydrogen) atoms. The Labute approximate surface area is 183 Å². The Hall–Kier alpha value is -2.09. The average molecular weight is 424 g/mol. The summed E-state index contributed by atoms with van der Waals surface area (Å²) in [6.07, 6.45) is -0.981. The first-order valence-corrected chi connectivity index (χ1v) is 10.9. The van der Waals surface area contributed by atoms with Gasteiger partial charge in [-0.3, -0.25) is 9.69 Å². The molecule has 6 heteroatoms. The van der Waals surface area contributed by atoms with Crippen LogP contribution < -0.4 is 0 Å². The number of benzene rings is 2. The number of likely N-dealkylation sites (tertiary alicyclic amines) is 1. The number of nitrogens with zero attached hydrogens (tertiary/aromatic N) is 1. The second-order valence-corrected chi connectivity index (χ2v) is 9.03. The predicted molar refractivity (Wildman–Crippen MR) is 114 cm³/mol. The summed E-state index contributed by atoms with van der Waals surface area (Å²) in [5.74, 6) is -0.491. The summed E-state index contributed by atoms with van der Waals surface area (Å²) in [4.78, 5) is 14.6. The molecule has 5 atom stereocenters. The zero-order valence-electron chi connectivity index (χ0n) is 18.0. The molecule has 0 radical (unpaired) electrons. The Morgan fingerprint density at radius 2 is 1.65 bits per heavy atom. The number of rotatable bonds is 6. The first-order valence-electron chi connectivity index (χ1n) is 10.9. The van der Waals surface area contributed by atoms with E-state index in [1.807, 2.05) is 62.4 Å². The van der Waals surface area contributed by atoms with Crippen LogP contribution in [0, 0.1) is 0 Å². The monoisotopic (exact) mass is 423 g/mol. The maximum absolute atomic E-state index is 12.4. The molecule has 2 aromatic carbocycles. The maximum atomic E-state index is 12.4. The van der Waals surface area contributed by atoms with E-state index in [4.69, 9.17) is 18.9 Å². The van der Waals surface area contributed by atoms with Crippen LogP contribution in [-0.2, 0) is 36.9 Å². The normalized spacial score (nSPS) is 32.5. The van der Waals surface area contributed by atoms with Crippen molar-refractivity contribution < 1.29 is 23.7 Å². The van der Waals surface area contributed by atoms with Crippen molar-refractivity contribution in [3.05, 3.63) is 71.8 Å². The van der Waals surface area contributed by atoms with Crippen LogP contribution in [0.1, 0.15) is 31.4 Å². The molecule has 2 aromatic rings. The van der Waals surface area contributed by atoms with Gasteiger partial charge in [-0.1, -0.05) is 60.7 Å². The Bertz CT molecular complexity index is 903. The van der Waals surface area contributed by atoms with Crippen molar-refractivity contribution in [3.8, 4) is 0 Å². The summed E-state index contributed by atoms with van der Waals surface area (Å²) in [7, 11) is 0. The van der Waals surface area contributed by atoms with E-state index in [0.29, 0.717) is 26.1 Å². The molecule has 164 valence electrons. The lowest BCUT2D eigenvalue weighted by molar-refractivity contribution is -0.225. The van der Waals surface area contributed by atoms with E-state index in [9.17, 15) is 4.79 Å². The number of hydrogen-bond donors (Lipinski definition) is 0. The summed E-state index contributed by atoms with van der Waals surface area (Å²) in [5.41, 5.74) is 2.27. The van der Waals surface area contributed by atoms with Crippen LogP contribution in [0.15, 0.2) is 60.7 Å². The third-order valence-electron chi connectivity index (χ3n) is 6.21. The predicted octanol–water partition coefficient (Wildman–Crippen LogP) is 3.29. The number of fused-ring (bicyclic) bond motifs is 1. The first-order chi connectivity index (χ1) is 15.0. The highest BCUT2D eigenvalue weighted by Gasteiger charge is 2.58. The molecule has 0 aliphatic carbocycles. The Kier molecular flexibility index (Phi) is 5.67. The Morgan fingerprint density at radius 1 is 0.968 bits per heavy atom. The fourth-order valence-corrected chi connectivity index (χ4v) is 4.86. The van der Waals surface area contributed by atoms with E-state index in [1.54, 1.807) is 0 Å². The van der Waals surface area contributed by atoms with Crippen LogP contribution >= 0.6 is 0 Å². The number of ketones is 1. The number of carbonyl (C=O) groups is 1. The van der Waals surface area contributed by atoms with E-state index in [1.165, 1.54) is 5.56 Å². The molecule has 6 nitrogen and oxygen atoms in total. The first kappa shape index (κ1) is 20.8. The molecule has 0 unspecified atom stereocenters. The smallest absolute Gasteiger partial charge is 0.190 e. The van der Waals surface area contributed by atoms with E-state index in [-0.39, 0.29) is 30.1 Å². The minimum Gasteiger partial charge on any atom is -0.368 e. The Balaban J connectivity index is 1.36. The molecule has 0 N–H and O–H groups in total. The molecule has 0 amide bonds. The summed E-state index contributed by atoms with van der Waals surface area (Å²) < 4.78 is 24.9. The molecule has 0 bridgehead atoms. The summed E-state index contributed by atoms with van der Waals surface area (Å²) in [6.45, 7) is 5.35. The van der Waals surface area contributed by atoms with Crippen molar-refractivity contribution in [2.75, 3.05) is 6.54 Å². The minimum absolute atomic E-state index is 0.0746. The quantitative estimate of drug-likeness (QED) is 0.711. The summed E-state index contributed by atoms with van der Waals surface area (Å²) >= 11 is 0. The second kappa shape index (κ2) is 8.45. The van der Waals surface area contributed by atoms with Gasteiger partial charge in [0, 0.05) is 19.0 Å². The van der Waals surface area contributed by atoms with Gasteiger partial charge in [0.1, 0.15) is 24.1 Å². The van der Waals surface area contributed by atoms with Crippen molar-refractivity contribution in [3.63, 3.8) is 0 Å². The maximum Gasteiger partial charge on any atom is 0.190 e. The largest absolute Gasteiger partial charge is 0.368 e. The van der Waals surface area contributed by atoms with Gasteiger partial charge in [-0.2, -0.15) is 0 Å². The fourth-order valence-electron chi connectivity index (χ4n) is 4.86. The van der Waals surface area contributed by atoms with Crippen LogP contribution in [0.4, 0.5) is 0 Å².